The minimum absolute atomic E-state index is 0.263. The van der Waals surface area contributed by atoms with Gasteiger partial charge in [0.15, 0.2) is 0 Å². The van der Waals surface area contributed by atoms with Gasteiger partial charge in [0.1, 0.15) is 29.5 Å². The Labute approximate surface area is 218 Å². The quantitative estimate of drug-likeness (QED) is 0.253. The van der Waals surface area contributed by atoms with Gasteiger partial charge in [-0.15, -0.1) is 0 Å². The number of hydrogen-bond acceptors (Lipinski definition) is 6. The second-order valence-corrected chi connectivity index (χ2v) is 9.44. The van der Waals surface area contributed by atoms with Gasteiger partial charge in [0.2, 0.25) is 0 Å². The van der Waals surface area contributed by atoms with E-state index in [0.29, 0.717) is 42.7 Å². The van der Waals surface area contributed by atoms with E-state index in [2.05, 4.69) is 46.6 Å². The molecule has 2 heterocycles. The summed E-state index contributed by atoms with van der Waals surface area (Å²) >= 11 is 0. The predicted molar refractivity (Wildman–Crippen MR) is 147 cm³/mol. The Kier molecular flexibility index (Phi) is 8.61. The molecule has 0 unspecified atom stereocenters. The van der Waals surface area contributed by atoms with Gasteiger partial charge in [0.05, 0.1) is 24.9 Å². The number of ether oxygens (including phenoxy) is 2. The second kappa shape index (κ2) is 12.1. The Hall–Kier alpha value is -3.65. The molecule has 0 aliphatic heterocycles. The molecule has 0 aliphatic rings. The number of halogens is 1. The number of benzene rings is 2. The highest BCUT2D eigenvalue weighted by atomic mass is 19.1. The van der Waals surface area contributed by atoms with Crippen molar-refractivity contribution in [2.75, 3.05) is 32.1 Å². The lowest BCUT2D eigenvalue weighted by Crippen LogP contribution is -2.19. The molecular weight excluding hydrogens is 469 g/mol. The van der Waals surface area contributed by atoms with E-state index in [1.807, 2.05) is 36.6 Å². The number of hydrogen-bond donors (Lipinski definition) is 2. The summed E-state index contributed by atoms with van der Waals surface area (Å²) in [7, 11) is 1.60. The third kappa shape index (κ3) is 6.20. The number of rotatable bonds is 12. The lowest BCUT2D eigenvalue weighted by atomic mass is 10.1. The molecule has 0 atom stereocenters. The van der Waals surface area contributed by atoms with E-state index in [1.165, 1.54) is 6.07 Å². The number of fused-ring (bicyclic) bond motifs is 1. The highest BCUT2D eigenvalue weighted by Crippen LogP contribution is 2.31. The number of anilines is 1. The number of aromatic nitrogens is 3. The Morgan fingerprint density at radius 1 is 1.05 bits per heavy atom. The van der Waals surface area contributed by atoms with Crippen molar-refractivity contribution in [1.82, 2.24) is 19.9 Å². The molecule has 0 aliphatic carbocycles. The Balaban J connectivity index is 1.48. The zero-order valence-electron chi connectivity index (χ0n) is 22.3. The first-order chi connectivity index (χ1) is 17.9. The molecule has 0 saturated carbocycles. The highest BCUT2D eigenvalue weighted by Gasteiger charge is 2.14. The number of nitrogens with zero attached hydrogens (tertiary/aromatic N) is 3. The lowest BCUT2D eigenvalue weighted by Gasteiger charge is -2.14. The molecule has 4 aromatic rings. The third-order valence-electron chi connectivity index (χ3n) is 6.24. The second-order valence-electron chi connectivity index (χ2n) is 9.44. The van der Waals surface area contributed by atoms with Crippen LogP contribution < -0.4 is 20.1 Å². The molecule has 0 radical (unpaired) electrons. The third-order valence-corrected chi connectivity index (χ3v) is 6.24. The molecule has 2 N–H and O–H groups in total. The van der Waals surface area contributed by atoms with Gasteiger partial charge in [-0.1, -0.05) is 26.0 Å². The van der Waals surface area contributed by atoms with E-state index in [-0.39, 0.29) is 5.82 Å². The molecule has 4 rings (SSSR count). The van der Waals surface area contributed by atoms with Gasteiger partial charge in [-0.3, -0.25) is 0 Å². The van der Waals surface area contributed by atoms with Crippen LogP contribution in [0, 0.1) is 18.7 Å². The van der Waals surface area contributed by atoms with E-state index in [4.69, 9.17) is 9.47 Å². The number of methoxy groups -OCH3 is 1. The summed E-state index contributed by atoms with van der Waals surface area (Å²) in [5, 5.41) is 7.61. The fraction of sp³-hybridized carbons (Fsp3) is 0.379. The van der Waals surface area contributed by atoms with Crippen molar-refractivity contribution in [2.45, 2.75) is 40.8 Å². The lowest BCUT2D eigenvalue weighted by molar-refractivity contribution is 0.335. The first-order valence-corrected chi connectivity index (χ1v) is 12.8. The van der Waals surface area contributed by atoms with Crippen molar-refractivity contribution in [1.29, 1.82) is 0 Å². The summed E-state index contributed by atoms with van der Waals surface area (Å²) in [5.74, 6) is 2.55. The maximum absolute atomic E-state index is 14.7. The van der Waals surface area contributed by atoms with Crippen LogP contribution >= 0.6 is 0 Å². The molecular formula is C29H36FN5O2. The van der Waals surface area contributed by atoms with E-state index < -0.39 is 0 Å². The molecule has 2 aromatic heterocycles. The first-order valence-electron chi connectivity index (χ1n) is 12.8. The molecule has 0 bridgehead atoms. The average molecular weight is 506 g/mol. The summed E-state index contributed by atoms with van der Waals surface area (Å²) in [6, 6.07) is 13.2. The maximum Gasteiger partial charge on any atom is 0.147 e. The van der Waals surface area contributed by atoms with Gasteiger partial charge in [-0.2, -0.15) is 0 Å². The summed E-state index contributed by atoms with van der Waals surface area (Å²) in [5.41, 5.74) is 4.40. The van der Waals surface area contributed by atoms with Crippen LogP contribution in [0.15, 0.2) is 48.8 Å². The van der Waals surface area contributed by atoms with Crippen LogP contribution in [-0.2, 0) is 13.1 Å². The van der Waals surface area contributed by atoms with Crippen molar-refractivity contribution >= 4 is 16.7 Å². The minimum Gasteiger partial charge on any atom is -0.496 e. The van der Waals surface area contributed by atoms with Crippen LogP contribution in [0.3, 0.4) is 0 Å². The van der Waals surface area contributed by atoms with E-state index in [9.17, 15) is 4.39 Å². The highest BCUT2D eigenvalue weighted by molar-refractivity contribution is 5.88. The first kappa shape index (κ1) is 26.4. The minimum atomic E-state index is -0.263. The monoisotopic (exact) mass is 505 g/mol. The van der Waals surface area contributed by atoms with Gasteiger partial charge in [-0.25, -0.2) is 14.4 Å². The normalized spacial score (nSPS) is 11.3. The zero-order chi connectivity index (χ0) is 26.4. The van der Waals surface area contributed by atoms with Crippen molar-refractivity contribution in [3.05, 3.63) is 65.9 Å². The average Bonchev–Trinajstić information content (AvgIpc) is 3.22. The van der Waals surface area contributed by atoms with Gasteiger partial charge in [0, 0.05) is 47.9 Å². The molecule has 8 heteroatoms. The molecule has 0 spiro atoms. The fourth-order valence-electron chi connectivity index (χ4n) is 4.46. The molecule has 7 nitrogen and oxygen atoms in total. The van der Waals surface area contributed by atoms with E-state index in [0.717, 1.165) is 46.7 Å². The Morgan fingerprint density at radius 3 is 2.65 bits per heavy atom. The fourth-order valence-corrected chi connectivity index (χ4v) is 4.46. The molecule has 196 valence electrons. The molecule has 0 amide bonds. The summed E-state index contributed by atoms with van der Waals surface area (Å²) < 4.78 is 28.0. The van der Waals surface area contributed by atoms with Crippen molar-refractivity contribution in [3.63, 3.8) is 0 Å². The standard InChI is InChI=1S/C29H36FN5O2/c1-6-37-27-14-21(7-8-22(27)17-31-16-19(2)3)25-15-28(34-18-33-25)32-11-12-35-20(4)13-23-26(36-5)10-9-24(30)29(23)35/h7-10,13-15,18-19,31H,6,11-12,16-17H2,1-5H3,(H,32,33,34). The predicted octanol–water partition coefficient (Wildman–Crippen LogP) is 5.81. The Morgan fingerprint density at radius 2 is 1.89 bits per heavy atom. The summed E-state index contributed by atoms with van der Waals surface area (Å²) in [6.07, 6.45) is 1.55. The van der Waals surface area contributed by atoms with Gasteiger partial charge < -0.3 is 24.7 Å². The topological polar surface area (TPSA) is 73.2 Å². The van der Waals surface area contributed by atoms with Crippen molar-refractivity contribution in [2.24, 2.45) is 5.92 Å². The maximum atomic E-state index is 14.7. The molecule has 37 heavy (non-hydrogen) atoms. The summed E-state index contributed by atoms with van der Waals surface area (Å²) in [6.45, 7) is 11.8. The van der Waals surface area contributed by atoms with Crippen molar-refractivity contribution < 1.29 is 13.9 Å². The van der Waals surface area contributed by atoms with Gasteiger partial charge >= 0.3 is 0 Å². The SMILES string of the molecule is CCOc1cc(-c2cc(NCCn3c(C)cc4c(OC)ccc(F)c43)ncn2)ccc1CNCC(C)C. The van der Waals surface area contributed by atoms with Crippen LogP contribution in [0.5, 0.6) is 11.5 Å². The van der Waals surface area contributed by atoms with Crippen LogP contribution in [-0.4, -0.2) is 41.3 Å². The van der Waals surface area contributed by atoms with Crippen LogP contribution in [0.4, 0.5) is 10.2 Å². The van der Waals surface area contributed by atoms with E-state index >= 15 is 0 Å². The largest absolute Gasteiger partial charge is 0.496 e. The smallest absolute Gasteiger partial charge is 0.147 e. The number of nitrogens with one attached hydrogen (secondary N) is 2. The van der Waals surface area contributed by atoms with Crippen LogP contribution in [0.2, 0.25) is 0 Å². The number of aryl methyl sites for hydroxylation is 1. The van der Waals surface area contributed by atoms with E-state index in [1.54, 1.807) is 19.5 Å². The van der Waals surface area contributed by atoms with Crippen LogP contribution in [0.25, 0.3) is 22.2 Å². The molecule has 0 fully saturated rings. The van der Waals surface area contributed by atoms with Crippen molar-refractivity contribution in [3.8, 4) is 22.8 Å². The zero-order valence-corrected chi connectivity index (χ0v) is 22.3. The van der Waals surface area contributed by atoms with Gasteiger partial charge in [-0.05, 0) is 50.6 Å². The van der Waals surface area contributed by atoms with Crippen LogP contribution in [0.1, 0.15) is 32.0 Å². The van der Waals surface area contributed by atoms with Gasteiger partial charge in [0.25, 0.3) is 0 Å². The molecule has 0 saturated heterocycles. The summed E-state index contributed by atoms with van der Waals surface area (Å²) in [4.78, 5) is 8.86. The Bertz CT molecular complexity index is 1350. The molecule has 2 aromatic carbocycles.